The SMILES string of the molecule is CO[C@@]1(C#CC2(O)C[C@@H](O[Si](C)(C)C(C)(C)C)C[C@H](O[Si](C)(C)C(C)(C)C)C2)CCC[C@@]2(C)C1CC[C@@H]2[C@H](C)CCCC(C)C. The molecule has 1 N–H and O–H groups in total. The Bertz CT molecular complexity index is 1010. The molecule has 6 heteroatoms. The standard InChI is InChI=1S/C39H74O4Si2/c1-29(2)18-16-19-30(3)33-20-21-34-37(33,10)22-17-23-39(34,41-11)25-24-38(40)27-31(42-44(12,13)35(4,5)6)26-32(28-38)43-45(14,15)36(7,8)9/h29-34,40H,16-23,26-28H2,1-15H3/t30-,31+,32+,33-,34?,37-,39-/m1/s1. The van der Waals surface area contributed by atoms with Crippen LogP contribution in [0, 0.1) is 40.9 Å². The smallest absolute Gasteiger partial charge is 0.192 e. The van der Waals surface area contributed by atoms with Crippen LogP contribution >= 0.6 is 0 Å². The summed E-state index contributed by atoms with van der Waals surface area (Å²) in [6.45, 7) is 32.8. The molecule has 0 aromatic rings. The Morgan fingerprint density at radius 3 is 1.82 bits per heavy atom. The van der Waals surface area contributed by atoms with E-state index in [1.54, 1.807) is 0 Å². The average Bonchev–Trinajstić information content (AvgIpc) is 3.23. The summed E-state index contributed by atoms with van der Waals surface area (Å²) in [6, 6.07) is 0. The van der Waals surface area contributed by atoms with Gasteiger partial charge in [-0.2, -0.15) is 0 Å². The van der Waals surface area contributed by atoms with Gasteiger partial charge in [-0.15, -0.1) is 0 Å². The van der Waals surface area contributed by atoms with Crippen molar-refractivity contribution < 1.29 is 18.7 Å². The molecule has 0 aliphatic heterocycles. The Balaban J connectivity index is 1.92. The van der Waals surface area contributed by atoms with Gasteiger partial charge in [0.25, 0.3) is 0 Å². The molecule has 7 atom stereocenters. The first-order chi connectivity index (χ1) is 20.4. The highest BCUT2D eigenvalue weighted by Gasteiger charge is 2.58. The van der Waals surface area contributed by atoms with Crippen molar-refractivity contribution >= 4 is 16.6 Å². The molecule has 3 rings (SSSR count). The number of hydrogen-bond acceptors (Lipinski definition) is 4. The first-order valence-electron chi connectivity index (χ1n) is 18.6. The van der Waals surface area contributed by atoms with Crippen LogP contribution in [0.4, 0.5) is 0 Å². The number of methoxy groups -OCH3 is 1. The van der Waals surface area contributed by atoms with E-state index in [4.69, 9.17) is 13.6 Å². The van der Waals surface area contributed by atoms with Crippen molar-refractivity contribution in [1.29, 1.82) is 0 Å². The lowest BCUT2D eigenvalue weighted by Crippen LogP contribution is -2.54. The van der Waals surface area contributed by atoms with Crippen LogP contribution in [-0.4, -0.2) is 52.3 Å². The molecular formula is C39H74O4Si2. The maximum absolute atomic E-state index is 12.4. The van der Waals surface area contributed by atoms with Crippen molar-refractivity contribution in [3.8, 4) is 11.8 Å². The molecule has 262 valence electrons. The monoisotopic (exact) mass is 663 g/mol. The van der Waals surface area contributed by atoms with Crippen LogP contribution in [-0.2, 0) is 13.6 Å². The zero-order chi connectivity index (χ0) is 34.3. The second kappa shape index (κ2) is 14.0. The summed E-state index contributed by atoms with van der Waals surface area (Å²) in [7, 11) is -2.22. The number of aliphatic hydroxyl groups is 1. The highest BCUT2D eigenvalue weighted by molar-refractivity contribution is 6.74. The summed E-state index contributed by atoms with van der Waals surface area (Å²) < 4.78 is 20.5. The van der Waals surface area contributed by atoms with Crippen LogP contribution in [0.3, 0.4) is 0 Å². The van der Waals surface area contributed by atoms with E-state index in [2.05, 4.69) is 107 Å². The summed E-state index contributed by atoms with van der Waals surface area (Å²) in [4.78, 5) is 0. The largest absolute Gasteiger partial charge is 0.414 e. The zero-order valence-electron chi connectivity index (χ0n) is 32.4. The van der Waals surface area contributed by atoms with E-state index >= 15 is 0 Å². The van der Waals surface area contributed by atoms with Crippen LogP contribution in [0.5, 0.6) is 0 Å². The van der Waals surface area contributed by atoms with Gasteiger partial charge in [0.15, 0.2) is 16.6 Å². The number of hydrogen-bond donors (Lipinski definition) is 1. The van der Waals surface area contributed by atoms with E-state index in [-0.39, 0.29) is 27.7 Å². The molecular weight excluding hydrogens is 589 g/mol. The van der Waals surface area contributed by atoms with E-state index in [0.29, 0.717) is 24.7 Å². The van der Waals surface area contributed by atoms with Crippen LogP contribution in [0.1, 0.15) is 140 Å². The molecule has 3 aliphatic carbocycles. The van der Waals surface area contributed by atoms with Crippen molar-refractivity contribution in [3.63, 3.8) is 0 Å². The quantitative estimate of drug-likeness (QED) is 0.187. The number of rotatable bonds is 10. The molecule has 0 bridgehead atoms. The van der Waals surface area contributed by atoms with Gasteiger partial charge in [0.2, 0.25) is 0 Å². The maximum atomic E-state index is 12.4. The van der Waals surface area contributed by atoms with Crippen molar-refractivity contribution in [2.24, 2.45) is 29.1 Å². The molecule has 3 aliphatic rings. The van der Waals surface area contributed by atoms with Gasteiger partial charge in [-0.05, 0) is 98.0 Å². The second-order valence-electron chi connectivity index (χ2n) is 19.4. The summed E-state index contributed by atoms with van der Waals surface area (Å²) in [6.07, 6.45) is 11.6. The van der Waals surface area contributed by atoms with Gasteiger partial charge < -0.3 is 18.7 Å². The summed E-state index contributed by atoms with van der Waals surface area (Å²) >= 11 is 0. The van der Waals surface area contributed by atoms with Gasteiger partial charge in [-0.25, -0.2) is 0 Å². The minimum atomic E-state index is -2.05. The molecule has 4 nitrogen and oxygen atoms in total. The van der Waals surface area contributed by atoms with Gasteiger partial charge >= 0.3 is 0 Å². The molecule has 0 heterocycles. The minimum absolute atomic E-state index is 0.0635. The highest BCUT2D eigenvalue weighted by atomic mass is 28.4. The molecule has 0 aromatic carbocycles. The van der Waals surface area contributed by atoms with Crippen LogP contribution in [0.2, 0.25) is 36.3 Å². The third-order valence-corrected chi connectivity index (χ3v) is 22.5. The van der Waals surface area contributed by atoms with E-state index in [1.165, 1.54) is 38.5 Å². The van der Waals surface area contributed by atoms with Crippen LogP contribution in [0.15, 0.2) is 0 Å². The van der Waals surface area contributed by atoms with Crippen molar-refractivity contribution in [2.45, 2.75) is 200 Å². The van der Waals surface area contributed by atoms with Crippen LogP contribution < -0.4 is 0 Å². The Morgan fingerprint density at radius 1 is 0.822 bits per heavy atom. The number of ether oxygens (including phenoxy) is 1. The third-order valence-electron chi connectivity index (χ3n) is 13.4. The third kappa shape index (κ3) is 8.90. The molecule has 0 saturated heterocycles. The lowest BCUT2D eigenvalue weighted by atomic mass is 9.57. The molecule has 3 fully saturated rings. The molecule has 1 unspecified atom stereocenters. The first-order valence-corrected chi connectivity index (χ1v) is 24.4. The second-order valence-corrected chi connectivity index (χ2v) is 28.9. The maximum Gasteiger partial charge on any atom is 0.192 e. The molecule has 0 spiro atoms. The molecule has 3 saturated carbocycles. The Hall–Kier alpha value is -0.166. The Labute approximate surface area is 282 Å². The lowest BCUT2D eigenvalue weighted by molar-refractivity contribution is -0.0962. The topological polar surface area (TPSA) is 47.9 Å². The van der Waals surface area contributed by atoms with E-state index < -0.39 is 27.8 Å². The molecule has 45 heavy (non-hydrogen) atoms. The fraction of sp³-hybridized carbons (Fsp3) is 0.949. The minimum Gasteiger partial charge on any atom is -0.414 e. The Morgan fingerprint density at radius 2 is 1.36 bits per heavy atom. The predicted octanol–water partition coefficient (Wildman–Crippen LogP) is 10.7. The lowest BCUT2D eigenvalue weighted by Gasteiger charge is -2.51. The average molecular weight is 663 g/mol. The Kier molecular flexibility index (Phi) is 12.2. The van der Waals surface area contributed by atoms with Crippen molar-refractivity contribution in [3.05, 3.63) is 0 Å². The predicted molar refractivity (Wildman–Crippen MR) is 196 cm³/mol. The molecule has 0 radical (unpaired) electrons. The molecule has 0 aromatic heterocycles. The fourth-order valence-corrected chi connectivity index (χ4v) is 11.4. The summed E-state index contributed by atoms with van der Waals surface area (Å²) in [5.74, 6) is 9.89. The van der Waals surface area contributed by atoms with Gasteiger partial charge in [0, 0.05) is 25.9 Å². The molecule has 0 amide bonds. The van der Waals surface area contributed by atoms with Crippen molar-refractivity contribution in [2.75, 3.05) is 7.11 Å². The summed E-state index contributed by atoms with van der Waals surface area (Å²) in [5, 5.41) is 12.6. The van der Waals surface area contributed by atoms with Crippen molar-refractivity contribution in [1.82, 2.24) is 0 Å². The highest BCUT2D eigenvalue weighted by Crippen LogP contribution is 2.62. The van der Waals surface area contributed by atoms with E-state index in [1.807, 2.05) is 7.11 Å². The fourth-order valence-electron chi connectivity index (χ4n) is 8.71. The van der Waals surface area contributed by atoms with Gasteiger partial charge in [-0.3, -0.25) is 0 Å². The van der Waals surface area contributed by atoms with Crippen LogP contribution in [0.25, 0.3) is 0 Å². The van der Waals surface area contributed by atoms with Gasteiger partial charge in [-0.1, -0.05) is 100 Å². The van der Waals surface area contributed by atoms with E-state index in [0.717, 1.165) is 31.1 Å². The number of fused-ring (bicyclic) bond motifs is 1. The summed E-state index contributed by atoms with van der Waals surface area (Å²) in [5.41, 5.74) is -1.42. The van der Waals surface area contributed by atoms with E-state index in [9.17, 15) is 5.11 Å². The first kappa shape index (κ1) is 39.3. The van der Waals surface area contributed by atoms with Gasteiger partial charge in [0.1, 0.15) is 11.2 Å². The zero-order valence-corrected chi connectivity index (χ0v) is 34.4. The normalized spacial score (nSPS) is 35.6. The van der Waals surface area contributed by atoms with Gasteiger partial charge in [0.05, 0.1) is 12.2 Å².